The highest BCUT2D eigenvalue weighted by Crippen LogP contribution is 2.60. The van der Waals surface area contributed by atoms with Crippen LogP contribution in [0.15, 0.2) is 47.2 Å². The molecule has 30 heavy (non-hydrogen) atoms. The highest BCUT2D eigenvalue weighted by atomic mass is 32.2. The fourth-order valence-electron chi connectivity index (χ4n) is 4.69. The second-order valence-electron chi connectivity index (χ2n) is 9.87. The number of pyridine rings is 1. The average Bonchev–Trinajstić information content (AvgIpc) is 3.08. The third-order valence-corrected chi connectivity index (χ3v) is 8.23. The predicted molar refractivity (Wildman–Crippen MR) is 119 cm³/mol. The second-order valence-corrected chi connectivity index (χ2v) is 11.9. The molecule has 1 aliphatic heterocycles. The van der Waals surface area contributed by atoms with Gasteiger partial charge in [0.15, 0.2) is 0 Å². The van der Waals surface area contributed by atoms with Gasteiger partial charge >= 0.3 is 0 Å². The van der Waals surface area contributed by atoms with Crippen molar-refractivity contribution in [1.29, 1.82) is 0 Å². The van der Waals surface area contributed by atoms with Crippen LogP contribution in [0.4, 0.5) is 0 Å². The molecule has 7 nitrogen and oxygen atoms in total. The van der Waals surface area contributed by atoms with E-state index in [1.54, 1.807) is 17.8 Å². The van der Waals surface area contributed by atoms with Crippen LogP contribution in [0.3, 0.4) is 0 Å². The highest BCUT2D eigenvalue weighted by Gasteiger charge is 2.60. The van der Waals surface area contributed by atoms with Gasteiger partial charge in [-0.25, -0.2) is 0 Å². The van der Waals surface area contributed by atoms with E-state index in [2.05, 4.69) is 26.9 Å². The molecule has 3 saturated carbocycles. The van der Waals surface area contributed by atoms with Gasteiger partial charge in [-0.05, 0) is 69.0 Å². The summed E-state index contributed by atoms with van der Waals surface area (Å²) in [6.07, 6.45) is 7.56. The second kappa shape index (κ2) is 6.75. The molecule has 2 atom stereocenters. The standard InChI is InChI=1S/C22H29N5O2S/c1-21(2,3)30(29)24-19(18-13-27(25-23-18)22-10-14(11-22)12-22)16-6-5-7-17-15(16)8-9-26(4)20(17)28/h5-9,13-14,19,23-25H,10-12H2,1-4H3/t14?,19-,22?,30?/m0/s1. The van der Waals surface area contributed by atoms with Crippen molar-refractivity contribution >= 4 is 22.1 Å². The van der Waals surface area contributed by atoms with Crippen molar-refractivity contribution in [3.63, 3.8) is 0 Å². The Balaban J connectivity index is 1.57. The van der Waals surface area contributed by atoms with Crippen molar-refractivity contribution < 1.29 is 4.55 Å². The maximum Gasteiger partial charge on any atom is 0.258 e. The Bertz CT molecular complexity index is 1070. The van der Waals surface area contributed by atoms with Gasteiger partial charge in [-0.3, -0.25) is 9.80 Å². The molecule has 2 bridgehead atoms. The van der Waals surface area contributed by atoms with Crippen LogP contribution in [0.25, 0.3) is 10.8 Å². The molecule has 3 fully saturated rings. The molecule has 0 spiro atoms. The van der Waals surface area contributed by atoms with E-state index in [1.807, 2.05) is 45.0 Å². The minimum atomic E-state index is -1.29. The number of nitrogens with one attached hydrogen (secondary N) is 3. The van der Waals surface area contributed by atoms with Crippen LogP contribution in [-0.4, -0.2) is 24.4 Å². The van der Waals surface area contributed by atoms with Crippen LogP contribution < -0.4 is 21.2 Å². The topological polar surface area (TPSA) is 84.4 Å². The van der Waals surface area contributed by atoms with Gasteiger partial charge in [-0.2, -0.15) is 0 Å². The monoisotopic (exact) mass is 427 g/mol. The average molecular weight is 428 g/mol. The number of hydrazine groups is 2. The maximum absolute atomic E-state index is 13.1. The summed E-state index contributed by atoms with van der Waals surface area (Å²) in [5.41, 5.74) is 8.64. The van der Waals surface area contributed by atoms with Gasteiger partial charge in [-0.15, -0.1) is 10.3 Å². The van der Waals surface area contributed by atoms with Gasteiger partial charge in [0.05, 0.1) is 11.2 Å². The predicted octanol–water partition coefficient (Wildman–Crippen LogP) is 2.35. The van der Waals surface area contributed by atoms with Crippen LogP contribution in [0.5, 0.6) is 0 Å². The highest BCUT2D eigenvalue weighted by molar-refractivity contribution is 7.90. The van der Waals surface area contributed by atoms with Crippen LogP contribution in [-0.2, 0) is 18.4 Å². The van der Waals surface area contributed by atoms with Gasteiger partial charge in [-0.1, -0.05) is 12.1 Å². The maximum atomic E-state index is 13.1. The zero-order valence-electron chi connectivity index (χ0n) is 17.9. The van der Waals surface area contributed by atoms with Crippen molar-refractivity contribution in [2.24, 2.45) is 13.0 Å². The summed E-state index contributed by atoms with van der Waals surface area (Å²) < 4.78 is 17.6. The van der Waals surface area contributed by atoms with Gasteiger partial charge in [0.1, 0.15) is 10.8 Å². The first kappa shape index (κ1) is 19.9. The normalized spacial score (nSPS) is 27.2. The Hall–Kier alpha value is -2.00. The van der Waals surface area contributed by atoms with E-state index in [-0.39, 0.29) is 17.1 Å². The lowest BCUT2D eigenvalue weighted by molar-refractivity contribution is -0.141. The van der Waals surface area contributed by atoms with Gasteiger partial charge in [0.2, 0.25) is 0 Å². The SMILES string of the molecule is Cn1ccc2c([C@H](N[S+]([O-])C(C)(C)C)C3=CN(C45CC(C4)C5)NN3)cccc2c1=O. The van der Waals surface area contributed by atoms with Gasteiger partial charge in [0.25, 0.3) is 5.56 Å². The molecule has 3 N–H and O–H groups in total. The number of hydrogen-bond donors (Lipinski definition) is 3. The Morgan fingerprint density at radius 3 is 2.60 bits per heavy atom. The molecule has 0 amide bonds. The van der Waals surface area contributed by atoms with E-state index >= 15 is 0 Å². The fraction of sp³-hybridized carbons (Fsp3) is 0.500. The largest absolute Gasteiger partial charge is 0.598 e. The molecule has 3 aliphatic carbocycles. The van der Waals surface area contributed by atoms with Crippen molar-refractivity contribution in [2.45, 2.75) is 56.4 Å². The number of aromatic nitrogens is 1. The third kappa shape index (κ3) is 3.05. The van der Waals surface area contributed by atoms with E-state index in [4.69, 9.17) is 0 Å². The molecule has 6 rings (SSSR count). The Morgan fingerprint density at radius 1 is 1.23 bits per heavy atom. The van der Waals surface area contributed by atoms with Crippen LogP contribution in [0, 0.1) is 5.92 Å². The molecule has 1 aromatic heterocycles. The zero-order valence-corrected chi connectivity index (χ0v) is 18.7. The number of benzene rings is 1. The Kier molecular flexibility index (Phi) is 4.49. The van der Waals surface area contributed by atoms with E-state index < -0.39 is 16.1 Å². The molecular formula is C22H29N5O2S. The minimum Gasteiger partial charge on any atom is -0.598 e. The molecule has 4 aliphatic rings. The van der Waals surface area contributed by atoms with Crippen LogP contribution >= 0.6 is 0 Å². The summed E-state index contributed by atoms with van der Waals surface area (Å²) in [5, 5.41) is 3.71. The Morgan fingerprint density at radius 2 is 1.97 bits per heavy atom. The lowest BCUT2D eigenvalue weighted by atomic mass is 9.49. The summed E-state index contributed by atoms with van der Waals surface area (Å²) in [6.45, 7) is 5.86. The molecule has 2 aromatic rings. The van der Waals surface area contributed by atoms with Crippen molar-refractivity contribution in [3.8, 4) is 0 Å². The first-order chi connectivity index (χ1) is 14.2. The number of hydrogen-bond acceptors (Lipinski definition) is 6. The summed E-state index contributed by atoms with van der Waals surface area (Å²) in [5.74, 6) is 0.876. The lowest BCUT2D eigenvalue weighted by Gasteiger charge is -2.64. The van der Waals surface area contributed by atoms with E-state index in [0.717, 1.165) is 22.6 Å². The van der Waals surface area contributed by atoms with E-state index in [0.29, 0.717) is 5.39 Å². The van der Waals surface area contributed by atoms with Gasteiger partial charge < -0.3 is 14.5 Å². The van der Waals surface area contributed by atoms with Crippen LogP contribution in [0.2, 0.25) is 0 Å². The number of rotatable bonds is 5. The molecule has 160 valence electrons. The lowest BCUT2D eigenvalue weighted by Crippen LogP contribution is -2.69. The molecule has 2 heterocycles. The summed E-state index contributed by atoms with van der Waals surface area (Å²) >= 11 is -1.29. The first-order valence-electron chi connectivity index (χ1n) is 10.5. The zero-order chi connectivity index (χ0) is 21.3. The molecular weight excluding hydrogens is 398 g/mol. The molecule has 1 aromatic carbocycles. The molecule has 1 unspecified atom stereocenters. The number of fused-ring (bicyclic) bond motifs is 1. The third-order valence-electron chi connectivity index (χ3n) is 6.66. The quantitative estimate of drug-likeness (QED) is 0.636. The molecule has 0 saturated heterocycles. The van der Waals surface area contributed by atoms with Crippen LogP contribution in [0.1, 0.15) is 51.6 Å². The number of nitrogens with zero attached hydrogens (tertiary/aromatic N) is 2. The summed E-state index contributed by atoms with van der Waals surface area (Å²) in [7, 11) is 1.76. The minimum absolute atomic E-state index is 0.0352. The van der Waals surface area contributed by atoms with Gasteiger partial charge in [0, 0.05) is 36.2 Å². The number of aryl methyl sites for hydroxylation is 1. The van der Waals surface area contributed by atoms with E-state index in [9.17, 15) is 9.35 Å². The van der Waals surface area contributed by atoms with Crippen molar-refractivity contribution in [2.75, 3.05) is 0 Å². The Labute approximate surface area is 179 Å². The van der Waals surface area contributed by atoms with Crippen molar-refractivity contribution in [3.05, 3.63) is 58.3 Å². The van der Waals surface area contributed by atoms with E-state index in [1.165, 1.54) is 19.3 Å². The fourth-order valence-corrected chi connectivity index (χ4v) is 5.51. The molecule has 0 radical (unpaired) electrons. The first-order valence-corrected chi connectivity index (χ1v) is 11.6. The molecule has 8 heteroatoms. The van der Waals surface area contributed by atoms with Crippen molar-refractivity contribution in [1.82, 2.24) is 25.3 Å². The summed E-state index contributed by atoms with van der Waals surface area (Å²) in [4.78, 5) is 12.7. The smallest absolute Gasteiger partial charge is 0.258 e. The summed E-state index contributed by atoms with van der Waals surface area (Å²) in [6, 6.07) is 7.37.